The minimum absolute atomic E-state index is 0.0816. The first-order valence-electron chi connectivity index (χ1n) is 6.25. The number of hydrogen-bond donors (Lipinski definition) is 1. The number of ether oxygens (including phenoxy) is 1. The van der Waals surface area contributed by atoms with E-state index >= 15 is 0 Å². The number of alkyl halides is 3. The van der Waals surface area contributed by atoms with E-state index in [9.17, 15) is 18.0 Å². The van der Waals surface area contributed by atoms with Gasteiger partial charge in [0.1, 0.15) is 5.75 Å². The lowest BCUT2D eigenvalue weighted by molar-refractivity contribution is -0.138. The molecule has 0 aliphatic rings. The molecule has 0 fully saturated rings. The molecule has 2 N–H and O–H groups in total. The predicted molar refractivity (Wildman–Crippen MR) is 69.8 cm³/mol. The molecule has 6 heteroatoms. The van der Waals surface area contributed by atoms with Crippen LogP contribution >= 0.6 is 0 Å². The standard InChI is InChI=1S/C14H18F3NO2/c1-7(2)9-6-12(20-8(3)4)10(13(18)19)5-11(9)14(15,16)17/h5-8H,1-4H3,(H2,18,19). The van der Waals surface area contributed by atoms with Crippen LogP contribution < -0.4 is 10.5 Å². The molecule has 0 saturated heterocycles. The quantitative estimate of drug-likeness (QED) is 0.918. The first kappa shape index (κ1) is 16.3. The highest BCUT2D eigenvalue weighted by atomic mass is 19.4. The summed E-state index contributed by atoms with van der Waals surface area (Å²) in [5, 5.41) is 0. The van der Waals surface area contributed by atoms with Crippen molar-refractivity contribution in [3.8, 4) is 5.75 Å². The van der Waals surface area contributed by atoms with Crippen molar-refractivity contribution in [2.45, 2.75) is 45.9 Å². The zero-order chi connectivity index (χ0) is 15.7. The van der Waals surface area contributed by atoms with Crippen LogP contribution in [0.4, 0.5) is 13.2 Å². The van der Waals surface area contributed by atoms with Gasteiger partial charge in [0, 0.05) is 0 Å². The monoisotopic (exact) mass is 289 g/mol. The molecule has 1 aromatic carbocycles. The minimum Gasteiger partial charge on any atom is -0.490 e. The predicted octanol–water partition coefficient (Wildman–Crippen LogP) is 3.71. The normalized spacial score (nSPS) is 12.1. The Bertz CT molecular complexity index is 508. The average Bonchev–Trinajstić information content (AvgIpc) is 2.25. The van der Waals surface area contributed by atoms with Gasteiger partial charge in [-0.15, -0.1) is 0 Å². The third-order valence-electron chi connectivity index (χ3n) is 2.71. The van der Waals surface area contributed by atoms with Crippen molar-refractivity contribution in [1.29, 1.82) is 0 Å². The smallest absolute Gasteiger partial charge is 0.416 e. The van der Waals surface area contributed by atoms with Crippen LogP contribution in [0.15, 0.2) is 12.1 Å². The van der Waals surface area contributed by atoms with E-state index in [4.69, 9.17) is 10.5 Å². The van der Waals surface area contributed by atoms with Crippen molar-refractivity contribution in [3.05, 3.63) is 28.8 Å². The van der Waals surface area contributed by atoms with Gasteiger partial charge in [0.25, 0.3) is 5.91 Å². The third-order valence-corrected chi connectivity index (χ3v) is 2.71. The van der Waals surface area contributed by atoms with Crippen LogP contribution in [0, 0.1) is 0 Å². The Labute approximate surface area is 115 Å². The van der Waals surface area contributed by atoms with Crippen LogP contribution in [0.5, 0.6) is 5.75 Å². The van der Waals surface area contributed by atoms with Crippen molar-refractivity contribution in [2.24, 2.45) is 5.73 Å². The summed E-state index contributed by atoms with van der Waals surface area (Å²) in [7, 11) is 0. The molecule has 1 rings (SSSR count). The summed E-state index contributed by atoms with van der Waals surface area (Å²) in [5.74, 6) is -1.21. The second kappa shape index (κ2) is 5.73. The largest absolute Gasteiger partial charge is 0.490 e. The fourth-order valence-electron chi connectivity index (χ4n) is 1.86. The number of nitrogens with two attached hydrogens (primary N) is 1. The molecule has 1 amide bonds. The second-order valence-electron chi connectivity index (χ2n) is 5.12. The van der Waals surface area contributed by atoms with E-state index in [0.717, 1.165) is 6.07 Å². The Morgan fingerprint density at radius 3 is 2.10 bits per heavy atom. The Balaban J connectivity index is 3.55. The Kier molecular flexibility index (Phi) is 4.68. The summed E-state index contributed by atoms with van der Waals surface area (Å²) in [4.78, 5) is 11.3. The highest BCUT2D eigenvalue weighted by Crippen LogP contribution is 2.39. The molecule has 0 heterocycles. The molecule has 0 aliphatic heterocycles. The average molecular weight is 289 g/mol. The zero-order valence-electron chi connectivity index (χ0n) is 11.8. The molecule has 0 radical (unpaired) electrons. The van der Waals surface area contributed by atoms with E-state index in [2.05, 4.69) is 0 Å². The number of amides is 1. The van der Waals surface area contributed by atoms with Crippen LogP contribution in [0.3, 0.4) is 0 Å². The van der Waals surface area contributed by atoms with E-state index in [1.54, 1.807) is 27.7 Å². The zero-order valence-corrected chi connectivity index (χ0v) is 11.8. The summed E-state index contributed by atoms with van der Waals surface area (Å²) in [6.45, 7) is 6.73. The molecule has 0 saturated carbocycles. The molecule has 0 atom stereocenters. The number of carbonyl (C=O) groups is 1. The van der Waals surface area contributed by atoms with Gasteiger partial charge < -0.3 is 10.5 Å². The third kappa shape index (κ3) is 3.65. The summed E-state index contributed by atoms with van der Waals surface area (Å²) in [5.41, 5.74) is 4.12. The number of carbonyl (C=O) groups excluding carboxylic acids is 1. The van der Waals surface area contributed by atoms with E-state index in [0.29, 0.717) is 0 Å². The van der Waals surface area contributed by atoms with Gasteiger partial charge in [0.05, 0.1) is 17.2 Å². The topological polar surface area (TPSA) is 52.3 Å². The van der Waals surface area contributed by atoms with Gasteiger partial charge in [0.15, 0.2) is 0 Å². The van der Waals surface area contributed by atoms with Crippen LogP contribution in [0.2, 0.25) is 0 Å². The van der Waals surface area contributed by atoms with E-state index in [1.807, 2.05) is 0 Å². The number of halogens is 3. The SMILES string of the molecule is CC(C)Oc1cc(C(C)C)c(C(F)(F)F)cc1C(N)=O. The summed E-state index contributed by atoms with van der Waals surface area (Å²) in [6, 6.07) is 2.03. The van der Waals surface area contributed by atoms with Gasteiger partial charge >= 0.3 is 6.18 Å². The second-order valence-corrected chi connectivity index (χ2v) is 5.12. The molecule has 0 aromatic heterocycles. The van der Waals surface area contributed by atoms with Crippen LogP contribution in [0.25, 0.3) is 0 Å². The molecular weight excluding hydrogens is 271 g/mol. The number of rotatable bonds is 4. The van der Waals surface area contributed by atoms with Crippen molar-refractivity contribution < 1.29 is 22.7 Å². The summed E-state index contributed by atoms with van der Waals surface area (Å²) < 4.78 is 44.6. The van der Waals surface area contributed by atoms with Crippen molar-refractivity contribution in [3.63, 3.8) is 0 Å². The number of primary amides is 1. The molecule has 0 bridgehead atoms. The Morgan fingerprint density at radius 2 is 1.75 bits per heavy atom. The first-order valence-corrected chi connectivity index (χ1v) is 6.25. The fraction of sp³-hybridized carbons (Fsp3) is 0.500. The molecule has 20 heavy (non-hydrogen) atoms. The van der Waals surface area contributed by atoms with Gasteiger partial charge in [-0.3, -0.25) is 4.79 Å². The first-order chi connectivity index (χ1) is 9.04. The van der Waals surface area contributed by atoms with Crippen LogP contribution in [-0.4, -0.2) is 12.0 Å². The maximum atomic E-state index is 13.1. The van der Waals surface area contributed by atoms with E-state index in [1.165, 1.54) is 6.07 Å². The molecule has 112 valence electrons. The summed E-state index contributed by atoms with van der Waals surface area (Å²) >= 11 is 0. The van der Waals surface area contributed by atoms with Gasteiger partial charge in [-0.25, -0.2) is 0 Å². The minimum atomic E-state index is -4.54. The maximum absolute atomic E-state index is 13.1. The van der Waals surface area contributed by atoms with Crippen molar-refractivity contribution in [1.82, 2.24) is 0 Å². The highest BCUT2D eigenvalue weighted by Gasteiger charge is 2.35. The van der Waals surface area contributed by atoms with E-state index in [-0.39, 0.29) is 28.9 Å². The maximum Gasteiger partial charge on any atom is 0.416 e. The molecular formula is C14H18F3NO2. The fourth-order valence-corrected chi connectivity index (χ4v) is 1.86. The Morgan fingerprint density at radius 1 is 1.20 bits per heavy atom. The lowest BCUT2D eigenvalue weighted by Crippen LogP contribution is -2.19. The number of benzene rings is 1. The molecule has 0 spiro atoms. The van der Waals surface area contributed by atoms with Crippen molar-refractivity contribution in [2.75, 3.05) is 0 Å². The van der Waals surface area contributed by atoms with Crippen LogP contribution in [0.1, 0.15) is 55.1 Å². The lowest BCUT2D eigenvalue weighted by atomic mass is 9.94. The van der Waals surface area contributed by atoms with Gasteiger partial charge in [-0.05, 0) is 37.5 Å². The molecule has 3 nitrogen and oxygen atoms in total. The van der Waals surface area contributed by atoms with E-state index < -0.39 is 17.6 Å². The van der Waals surface area contributed by atoms with Crippen LogP contribution in [-0.2, 0) is 6.18 Å². The number of hydrogen-bond acceptors (Lipinski definition) is 2. The molecule has 0 unspecified atom stereocenters. The Hall–Kier alpha value is -1.72. The highest BCUT2D eigenvalue weighted by molar-refractivity contribution is 5.96. The molecule has 0 aliphatic carbocycles. The van der Waals surface area contributed by atoms with Gasteiger partial charge in [-0.2, -0.15) is 13.2 Å². The van der Waals surface area contributed by atoms with Crippen molar-refractivity contribution >= 4 is 5.91 Å². The lowest BCUT2D eigenvalue weighted by Gasteiger charge is -2.20. The van der Waals surface area contributed by atoms with Gasteiger partial charge in [0.2, 0.25) is 0 Å². The molecule has 1 aromatic rings. The van der Waals surface area contributed by atoms with Gasteiger partial charge in [-0.1, -0.05) is 13.8 Å². The summed E-state index contributed by atoms with van der Waals surface area (Å²) in [6.07, 6.45) is -4.81.